The van der Waals surface area contributed by atoms with E-state index in [9.17, 15) is 0 Å². The second-order valence-corrected chi connectivity index (χ2v) is 4.47. The lowest BCUT2D eigenvalue weighted by Gasteiger charge is -2.14. The normalized spacial score (nSPS) is 10.2. The molecule has 0 aliphatic heterocycles. The van der Waals surface area contributed by atoms with Crippen LogP contribution in [0.4, 0.5) is 0 Å². The van der Waals surface area contributed by atoms with E-state index in [1.54, 1.807) is 30.5 Å². The molecule has 2 aromatic rings. The number of ether oxygens (including phenoxy) is 2. The van der Waals surface area contributed by atoms with E-state index in [-0.39, 0.29) is 18.3 Å². The lowest BCUT2D eigenvalue weighted by atomic mass is 10.1. The number of nitrogens with one attached hydrogen (secondary N) is 1. The molecular weight excluding hydrogens is 270 g/mol. The van der Waals surface area contributed by atoms with Crippen LogP contribution in [0.2, 0.25) is 0 Å². The summed E-state index contributed by atoms with van der Waals surface area (Å²) >= 11 is 0. The van der Waals surface area contributed by atoms with E-state index < -0.39 is 0 Å². The Morgan fingerprint density at radius 1 is 1.33 bits per heavy atom. The maximum absolute atomic E-state index is 9.14. The summed E-state index contributed by atoms with van der Waals surface area (Å²) in [5, 5.41) is 16.8. The van der Waals surface area contributed by atoms with Gasteiger partial charge in [0.2, 0.25) is 5.88 Å². The van der Waals surface area contributed by atoms with Crippen LogP contribution in [0.3, 0.4) is 0 Å². The second kappa shape index (κ2) is 6.23. The van der Waals surface area contributed by atoms with Crippen LogP contribution in [0.5, 0.6) is 17.4 Å². The smallest absolute Gasteiger partial charge is 0.230 e. The van der Waals surface area contributed by atoms with Crippen LogP contribution in [0.1, 0.15) is 16.7 Å². The summed E-state index contributed by atoms with van der Waals surface area (Å²) in [5.41, 5.74) is 7.55. The van der Waals surface area contributed by atoms with Crippen LogP contribution in [-0.4, -0.2) is 23.0 Å². The SMILES string of the molecule is COc1cc(CO)ccc1Oc1nccc(C)c1C(=N)N. The molecule has 0 radical (unpaired) electrons. The zero-order valence-electron chi connectivity index (χ0n) is 11.9. The number of nitrogen functional groups attached to an aromatic ring is 1. The first-order valence-electron chi connectivity index (χ1n) is 6.32. The molecule has 0 amide bonds. The van der Waals surface area contributed by atoms with Gasteiger partial charge in [0.25, 0.3) is 0 Å². The van der Waals surface area contributed by atoms with E-state index in [1.807, 2.05) is 6.92 Å². The predicted molar refractivity (Wildman–Crippen MR) is 79.0 cm³/mol. The van der Waals surface area contributed by atoms with Crippen LogP contribution >= 0.6 is 0 Å². The Morgan fingerprint density at radius 3 is 2.71 bits per heavy atom. The third-order valence-corrected chi connectivity index (χ3v) is 3.01. The molecule has 0 saturated heterocycles. The Bertz CT molecular complexity index is 671. The van der Waals surface area contributed by atoms with Crippen molar-refractivity contribution in [1.82, 2.24) is 4.98 Å². The Kier molecular flexibility index (Phi) is 4.39. The van der Waals surface area contributed by atoms with Crippen molar-refractivity contribution in [1.29, 1.82) is 5.41 Å². The van der Waals surface area contributed by atoms with Gasteiger partial charge in [-0.1, -0.05) is 6.07 Å². The van der Waals surface area contributed by atoms with Gasteiger partial charge in [0.15, 0.2) is 11.5 Å². The van der Waals surface area contributed by atoms with Crippen molar-refractivity contribution in [2.45, 2.75) is 13.5 Å². The second-order valence-electron chi connectivity index (χ2n) is 4.47. The van der Waals surface area contributed by atoms with Gasteiger partial charge in [-0.2, -0.15) is 0 Å². The maximum Gasteiger partial charge on any atom is 0.230 e. The molecule has 0 unspecified atom stereocenters. The number of pyridine rings is 1. The van der Waals surface area contributed by atoms with Crippen LogP contribution in [0.25, 0.3) is 0 Å². The minimum absolute atomic E-state index is 0.0853. The summed E-state index contributed by atoms with van der Waals surface area (Å²) in [6.07, 6.45) is 1.59. The first kappa shape index (κ1) is 14.8. The molecule has 0 fully saturated rings. The summed E-state index contributed by atoms with van der Waals surface area (Å²) in [7, 11) is 1.51. The number of nitrogens with two attached hydrogens (primary N) is 1. The van der Waals surface area contributed by atoms with Gasteiger partial charge in [0.1, 0.15) is 5.84 Å². The van der Waals surface area contributed by atoms with E-state index in [1.165, 1.54) is 7.11 Å². The number of amidine groups is 1. The number of rotatable bonds is 5. The molecule has 1 aromatic carbocycles. The van der Waals surface area contributed by atoms with Gasteiger partial charge in [0.05, 0.1) is 19.3 Å². The average molecular weight is 287 g/mol. The van der Waals surface area contributed by atoms with Crippen LogP contribution in [0, 0.1) is 12.3 Å². The predicted octanol–water partition coefficient (Wildman–Crippen LogP) is 1.97. The van der Waals surface area contributed by atoms with Crippen LogP contribution < -0.4 is 15.2 Å². The van der Waals surface area contributed by atoms with Crippen LogP contribution in [0.15, 0.2) is 30.5 Å². The van der Waals surface area contributed by atoms with Gasteiger partial charge in [-0.15, -0.1) is 0 Å². The monoisotopic (exact) mass is 287 g/mol. The molecule has 4 N–H and O–H groups in total. The maximum atomic E-state index is 9.14. The average Bonchev–Trinajstić information content (AvgIpc) is 2.47. The van der Waals surface area contributed by atoms with Crippen LogP contribution in [-0.2, 0) is 6.61 Å². The van der Waals surface area contributed by atoms with E-state index in [0.29, 0.717) is 22.6 Å². The largest absolute Gasteiger partial charge is 0.493 e. The zero-order valence-corrected chi connectivity index (χ0v) is 11.9. The molecule has 0 saturated carbocycles. The molecule has 0 aliphatic rings. The number of hydrogen-bond acceptors (Lipinski definition) is 5. The highest BCUT2D eigenvalue weighted by Crippen LogP contribution is 2.33. The standard InChI is InChI=1S/C15H17N3O3/c1-9-5-6-18-15(13(9)14(16)17)21-11-4-3-10(8-19)7-12(11)20-2/h3-7,19H,8H2,1-2H3,(H3,16,17). The first-order valence-corrected chi connectivity index (χ1v) is 6.32. The van der Waals surface area contributed by atoms with Gasteiger partial charge in [-0.25, -0.2) is 4.98 Å². The highest BCUT2D eigenvalue weighted by molar-refractivity contribution is 5.98. The van der Waals surface area contributed by atoms with Crippen molar-refractivity contribution in [3.63, 3.8) is 0 Å². The van der Waals surface area contributed by atoms with E-state index in [2.05, 4.69) is 4.98 Å². The number of aliphatic hydroxyl groups is 1. The molecule has 0 bridgehead atoms. The Balaban J connectivity index is 2.43. The number of hydrogen-bond donors (Lipinski definition) is 3. The molecular formula is C15H17N3O3. The lowest BCUT2D eigenvalue weighted by Crippen LogP contribution is -2.15. The highest BCUT2D eigenvalue weighted by Gasteiger charge is 2.14. The minimum atomic E-state index is -0.110. The van der Waals surface area contributed by atoms with Crippen molar-refractivity contribution >= 4 is 5.84 Å². The third-order valence-electron chi connectivity index (χ3n) is 3.01. The number of benzene rings is 1. The minimum Gasteiger partial charge on any atom is -0.493 e. The van der Waals surface area contributed by atoms with Gasteiger partial charge in [0, 0.05) is 6.20 Å². The van der Waals surface area contributed by atoms with Crippen molar-refractivity contribution in [3.8, 4) is 17.4 Å². The van der Waals surface area contributed by atoms with Gasteiger partial charge >= 0.3 is 0 Å². The van der Waals surface area contributed by atoms with Gasteiger partial charge < -0.3 is 20.3 Å². The van der Waals surface area contributed by atoms with E-state index in [0.717, 1.165) is 5.56 Å². The van der Waals surface area contributed by atoms with Gasteiger partial charge in [-0.05, 0) is 36.2 Å². The number of aromatic nitrogens is 1. The van der Waals surface area contributed by atoms with E-state index >= 15 is 0 Å². The molecule has 110 valence electrons. The fourth-order valence-electron chi connectivity index (χ4n) is 1.94. The first-order chi connectivity index (χ1) is 10.1. The number of aliphatic hydroxyl groups excluding tert-OH is 1. The molecule has 6 heteroatoms. The zero-order chi connectivity index (χ0) is 15.4. The Hall–Kier alpha value is -2.60. The summed E-state index contributed by atoms with van der Waals surface area (Å²) in [4.78, 5) is 4.13. The van der Waals surface area contributed by atoms with Crippen molar-refractivity contribution in [2.24, 2.45) is 5.73 Å². The fourth-order valence-corrected chi connectivity index (χ4v) is 1.94. The van der Waals surface area contributed by atoms with E-state index in [4.69, 9.17) is 25.7 Å². The quantitative estimate of drug-likeness (QED) is 0.576. The molecule has 2 rings (SSSR count). The van der Waals surface area contributed by atoms with Crippen molar-refractivity contribution in [3.05, 3.63) is 47.2 Å². The summed E-state index contributed by atoms with van der Waals surface area (Å²) in [5.74, 6) is 1.05. The number of methoxy groups -OCH3 is 1. The summed E-state index contributed by atoms with van der Waals surface area (Å²) in [6, 6.07) is 6.84. The Morgan fingerprint density at radius 2 is 2.10 bits per heavy atom. The molecule has 0 aliphatic carbocycles. The Labute approximate surface area is 122 Å². The fraction of sp³-hybridized carbons (Fsp3) is 0.200. The topological polar surface area (TPSA) is 101 Å². The molecule has 0 spiro atoms. The highest BCUT2D eigenvalue weighted by atomic mass is 16.5. The molecule has 0 atom stereocenters. The summed E-state index contributed by atoms with van der Waals surface area (Å²) in [6.45, 7) is 1.75. The molecule has 21 heavy (non-hydrogen) atoms. The summed E-state index contributed by atoms with van der Waals surface area (Å²) < 4.78 is 11.0. The van der Waals surface area contributed by atoms with Crippen molar-refractivity contribution in [2.75, 3.05) is 7.11 Å². The molecule has 6 nitrogen and oxygen atoms in total. The van der Waals surface area contributed by atoms with Crippen molar-refractivity contribution < 1.29 is 14.6 Å². The number of aryl methyl sites for hydroxylation is 1. The third kappa shape index (κ3) is 3.11. The molecule has 1 heterocycles. The van der Waals surface area contributed by atoms with Gasteiger partial charge in [-0.3, -0.25) is 5.41 Å². The molecule has 1 aromatic heterocycles. The lowest BCUT2D eigenvalue weighted by molar-refractivity contribution is 0.280. The number of nitrogens with zero attached hydrogens (tertiary/aromatic N) is 1.